The van der Waals surface area contributed by atoms with Gasteiger partial charge in [0.05, 0.1) is 18.4 Å². The van der Waals surface area contributed by atoms with E-state index in [1.165, 1.54) is 7.11 Å². The third kappa shape index (κ3) is 3.71. The maximum absolute atomic E-state index is 11.2. The fourth-order valence-electron chi connectivity index (χ4n) is 1.19. The monoisotopic (exact) mass is 228 g/mol. The molecule has 0 saturated carbocycles. The van der Waals surface area contributed by atoms with E-state index in [-0.39, 0.29) is 5.75 Å². The molecule has 15 heavy (non-hydrogen) atoms. The Balaban J connectivity index is 2.78. The molecule has 0 aliphatic heterocycles. The Morgan fingerprint density at radius 3 is 2.73 bits per heavy atom. The zero-order valence-corrected chi connectivity index (χ0v) is 9.20. The maximum atomic E-state index is 11.2. The number of hydrogen-bond acceptors (Lipinski definition) is 4. The highest BCUT2D eigenvalue weighted by atomic mass is 32.2. The van der Waals surface area contributed by atoms with Gasteiger partial charge in [0.2, 0.25) is 0 Å². The lowest BCUT2D eigenvalue weighted by Crippen LogP contribution is -2.02. The van der Waals surface area contributed by atoms with E-state index in [1.54, 1.807) is 24.3 Å². The molecule has 0 unspecified atom stereocenters. The van der Waals surface area contributed by atoms with Crippen LogP contribution in [0.3, 0.4) is 0 Å². The summed E-state index contributed by atoms with van der Waals surface area (Å²) in [5.74, 6) is -0.316. The lowest BCUT2D eigenvalue weighted by Gasteiger charge is -2.01. The van der Waals surface area contributed by atoms with Gasteiger partial charge in [-0.05, 0) is 24.1 Å². The van der Waals surface area contributed by atoms with Gasteiger partial charge in [0.1, 0.15) is 10.7 Å². The van der Waals surface area contributed by atoms with E-state index in [0.717, 1.165) is 5.56 Å². The Morgan fingerprint density at radius 1 is 1.40 bits per heavy atom. The molecule has 1 rings (SSSR count). The normalized spacial score (nSPS) is 10.3. The molecule has 0 heterocycles. The Labute approximate surface area is 89.8 Å². The highest BCUT2D eigenvalue weighted by Crippen LogP contribution is 2.07. The molecule has 0 amide bonds. The van der Waals surface area contributed by atoms with Gasteiger partial charge in [-0.1, -0.05) is 12.1 Å². The van der Waals surface area contributed by atoms with E-state index in [1.807, 2.05) is 0 Å². The number of benzene rings is 1. The summed E-state index contributed by atoms with van der Waals surface area (Å²) in [4.78, 5) is 11.2. The van der Waals surface area contributed by atoms with Crippen molar-refractivity contribution in [3.8, 4) is 0 Å². The number of esters is 1. The molecular weight excluding hydrogens is 216 g/mol. The molecule has 0 aliphatic rings. The van der Waals surface area contributed by atoms with Crippen molar-refractivity contribution in [3.05, 3.63) is 35.4 Å². The van der Waals surface area contributed by atoms with Gasteiger partial charge in [0.15, 0.2) is 0 Å². The second-order valence-electron chi connectivity index (χ2n) is 3.00. The molecule has 82 valence electrons. The molecule has 5 heteroatoms. The molecule has 4 nitrogen and oxygen atoms in total. The minimum Gasteiger partial charge on any atom is -0.465 e. The quantitative estimate of drug-likeness (QED) is 0.606. The zero-order chi connectivity index (χ0) is 11.3. The van der Waals surface area contributed by atoms with Crippen LogP contribution >= 0.6 is 0 Å². The predicted octanol–water partition coefficient (Wildman–Crippen LogP) is 0.627. The number of carbonyl (C=O) groups is 1. The number of carbonyl (C=O) groups excluding carboxylic acids is 1. The number of rotatable bonds is 4. The van der Waals surface area contributed by atoms with Crippen LogP contribution < -0.4 is 0 Å². The van der Waals surface area contributed by atoms with E-state index in [0.29, 0.717) is 12.0 Å². The number of aryl methyl sites for hydroxylation is 1. The largest absolute Gasteiger partial charge is 0.465 e. The van der Waals surface area contributed by atoms with Crippen LogP contribution in [0.4, 0.5) is 0 Å². The van der Waals surface area contributed by atoms with Crippen molar-refractivity contribution in [1.82, 2.24) is 0 Å². The van der Waals surface area contributed by atoms with Crippen LogP contribution in [0.5, 0.6) is 0 Å². The summed E-state index contributed by atoms with van der Waals surface area (Å²) >= 11 is 0. The topological polar surface area (TPSA) is 60.4 Å². The van der Waals surface area contributed by atoms with Gasteiger partial charge in [0, 0.05) is 0 Å². The first-order chi connectivity index (χ1) is 7.13. The van der Waals surface area contributed by atoms with Crippen molar-refractivity contribution < 1.29 is 17.9 Å². The average Bonchev–Trinajstić information content (AvgIpc) is 2.25. The Morgan fingerprint density at radius 2 is 2.13 bits per heavy atom. The third-order valence-electron chi connectivity index (χ3n) is 1.93. The maximum Gasteiger partial charge on any atom is 0.337 e. The van der Waals surface area contributed by atoms with Gasteiger partial charge < -0.3 is 4.74 Å². The molecule has 0 saturated heterocycles. The van der Waals surface area contributed by atoms with Crippen LogP contribution in [0.1, 0.15) is 15.9 Å². The molecular formula is C10H12O4S. The van der Waals surface area contributed by atoms with E-state index in [9.17, 15) is 13.2 Å². The first-order valence-electron chi connectivity index (χ1n) is 4.42. The lowest BCUT2D eigenvalue weighted by molar-refractivity contribution is 0.0600. The molecule has 0 fully saturated rings. The Kier molecular flexibility index (Phi) is 4.30. The van der Waals surface area contributed by atoms with Crippen LogP contribution in [0, 0.1) is 0 Å². The van der Waals surface area contributed by atoms with E-state index < -0.39 is 16.7 Å². The van der Waals surface area contributed by atoms with Crippen molar-refractivity contribution in [2.24, 2.45) is 0 Å². The van der Waals surface area contributed by atoms with Gasteiger partial charge in [-0.25, -0.2) is 13.2 Å². The first kappa shape index (κ1) is 11.7. The summed E-state index contributed by atoms with van der Waals surface area (Å²) < 4.78 is 25.3. The van der Waals surface area contributed by atoms with Crippen molar-refractivity contribution in [3.63, 3.8) is 0 Å². The SMILES string of the molecule is COC(=O)c1cccc(CC[SH](=O)=O)c1. The Hall–Kier alpha value is -1.36. The molecule has 0 aromatic heterocycles. The smallest absolute Gasteiger partial charge is 0.337 e. The highest BCUT2D eigenvalue weighted by molar-refractivity contribution is 7.72. The molecule has 0 spiro atoms. The van der Waals surface area contributed by atoms with Crippen LogP contribution in [-0.4, -0.2) is 27.2 Å². The predicted molar refractivity (Wildman–Crippen MR) is 56.7 cm³/mol. The summed E-state index contributed by atoms with van der Waals surface area (Å²) in [6.45, 7) is 0. The minimum atomic E-state index is -2.37. The van der Waals surface area contributed by atoms with Crippen LogP contribution in [0.2, 0.25) is 0 Å². The summed E-state index contributed by atoms with van der Waals surface area (Å²) in [6, 6.07) is 6.77. The summed E-state index contributed by atoms with van der Waals surface area (Å²) in [7, 11) is -1.06. The number of thiol groups is 1. The van der Waals surface area contributed by atoms with Crippen molar-refractivity contribution >= 4 is 16.7 Å². The third-order valence-corrected chi connectivity index (χ3v) is 2.52. The lowest BCUT2D eigenvalue weighted by atomic mass is 10.1. The van der Waals surface area contributed by atoms with Gasteiger partial charge in [-0.2, -0.15) is 0 Å². The average molecular weight is 228 g/mol. The van der Waals surface area contributed by atoms with E-state index in [4.69, 9.17) is 0 Å². The van der Waals surface area contributed by atoms with Crippen LogP contribution in [0.15, 0.2) is 24.3 Å². The zero-order valence-electron chi connectivity index (χ0n) is 8.30. The molecule has 1 aromatic rings. The van der Waals surface area contributed by atoms with Crippen LogP contribution in [0.25, 0.3) is 0 Å². The molecule has 0 aliphatic carbocycles. The summed E-state index contributed by atoms with van der Waals surface area (Å²) in [5, 5.41) is 0. The fourth-order valence-corrected chi connectivity index (χ4v) is 1.63. The fraction of sp³-hybridized carbons (Fsp3) is 0.300. The number of ether oxygens (including phenoxy) is 1. The van der Waals surface area contributed by atoms with E-state index in [2.05, 4.69) is 4.74 Å². The number of hydrogen-bond donors (Lipinski definition) is 1. The van der Waals surface area contributed by atoms with Crippen molar-refractivity contribution in [1.29, 1.82) is 0 Å². The second kappa shape index (κ2) is 5.50. The van der Waals surface area contributed by atoms with Gasteiger partial charge in [0.25, 0.3) is 0 Å². The standard InChI is InChI=1S/C10H12O4S/c1-14-10(11)9-4-2-3-8(7-9)5-6-15(12)13/h2-4,7,15H,5-6H2,1H3. The van der Waals surface area contributed by atoms with Gasteiger partial charge >= 0.3 is 5.97 Å². The second-order valence-corrected chi connectivity index (χ2v) is 4.11. The minimum absolute atomic E-state index is 0.0972. The number of methoxy groups -OCH3 is 1. The van der Waals surface area contributed by atoms with Crippen LogP contribution in [-0.2, 0) is 21.9 Å². The molecule has 0 atom stereocenters. The van der Waals surface area contributed by atoms with Crippen molar-refractivity contribution in [2.45, 2.75) is 6.42 Å². The van der Waals surface area contributed by atoms with Gasteiger partial charge in [-0.3, -0.25) is 0 Å². The molecule has 0 bridgehead atoms. The highest BCUT2D eigenvalue weighted by Gasteiger charge is 2.05. The Bertz CT molecular complexity index is 415. The van der Waals surface area contributed by atoms with Crippen molar-refractivity contribution in [2.75, 3.05) is 12.9 Å². The molecule has 1 aromatic carbocycles. The van der Waals surface area contributed by atoms with E-state index >= 15 is 0 Å². The molecule has 0 N–H and O–H groups in total. The summed E-state index contributed by atoms with van der Waals surface area (Å²) in [6.07, 6.45) is 0.420. The molecule has 0 radical (unpaired) electrons. The van der Waals surface area contributed by atoms with Gasteiger partial charge in [-0.15, -0.1) is 0 Å². The first-order valence-corrected chi connectivity index (χ1v) is 5.79. The summed E-state index contributed by atoms with van der Waals surface area (Å²) in [5.41, 5.74) is 1.26.